The summed E-state index contributed by atoms with van der Waals surface area (Å²) < 4.78 is 20.5. The summed E-state index contributed by atoms with van der Waals surface area (Å²) in [6.45, 7) is 6.41. The van der Waals surface area contributed by atoms with Crippen molar-refractivity contribution in [3.8, 4) is 67.8 Å². The standard InChI is InChI=1S/C84H47B10N3O2S2/c1-84(2,3)70-51(40-64-80-83(70)99-62-25-15-12-22-55(62)94(80)57-35-44(26-32-63(57)98-64)43-27-33-65-52(34-43)53(41-100-65)42-16-6-4-7-17-42)45-36-61-79-67(37-45)101-66-39-48(97-81-68(71(85)73(87)75(89)77(81)91)69-72(86)74(88)76(90)78(92)82(69)97)29-31-56(66)93(79)54-30-28-47(38-60(54)95(61)46-18-8-5-9-19-46)96-58-23-13-10-20-49(58)50-21-11-14-24-59(50)96/h4-41H,1-3H3. The Morgan fingerprint density at radius 3 is 1.67 bits per heavy atom. The fourth-order valence-corrected chi connectivity index (χ4v) is 19.1. The van der Waals surface area contributed by atoms with Gasteiger partial charge in [-0.15, -0.1) is 33.2 Å². The quantitative estimate of drug-likeness (QED) is 0.156. The van der Waals surface area contributed by atoms with Crippen LogP contribution in [0.25, 0.3) is 98.5 Å². The number of hydrogen-bond donors (Lipinski definition) is 0. The highest BCUT2D eigenvalue weighted by molar-refractivity contribution is 8.00. The van der Waals surface area contributed by atoms with Crippen LogP contribution in [-0.2, 0) is 5.41 Å². The SMILES string of the molecule is [B]c1c([B])c([B])c2c(c1[B])c1c([B])c([B])c([B])c([B])c1n2-c1ccc2c(c1)Sc1cc(-c3cc4c5c(c3C(C)(C)C)Oc3ccccc3B5c3cc(-c5ccc6scc(-c7ccccc7)c6c5)ccc3O4)cc3c1B2c1ccc(-n2c4ccccc4c4ccccc42)cc1N3c1ccccc1. The van der Waals surface area contributed by atoms with Gasteiger partial charge in [0.05, 0.1) is 11.0 Å². The lowest BCUT2D eigenvalue weighted by Gasteiger charge is -2.41. The molecular weight excluding hydrogens is 1260 g/mol. The summed E-state index contributed by atoms with van der Waals surface area (Å²) >= 11 is 3.50. The highest BCUT2D eigenvalue weighted by Crippen LogP contribution is 2.51. The van der Waals surface area contributed by atoms with Gasteiger partial charge in [-0.1, -0.05) is 193 Å². The van der Waals surface area contributed by atoms with Crippen LogP contribution in [0.1, 0.15) is 26.3 Å². The molecule has 16 radical (unpaired) electrons. The average Bonchev–Trinajstić information content (AvgIpc) is 1.61. The number of thiophene rings is 1. The number of para-hydroxylation sites is 4. The highest BCUT2D eigenvalue weighted by atomic mass is 32.2. The van der Waals surface area contributed by atoms with E-state index in [4.69, 9.17) is 72.2 Å². The lowest BCUT2D eigenvalue weighted by Crippen LogP contribution is -2.59. The molecule has 17 heteroatoms. The fourth-order valence-electron chi connectivity index (χ4n) is 16.9. The monoisotopic (exact) mass is 1300 g/mol. The molecule has 0 saturated heterocycles. The third-order valence-electron chi connectivity index (χ3n) is 21.4. The van der Waals surface area contributed by atoms with E-state index in [1.807, 2.05) is 4.57 Å². The number of hydrogen-bond acceptors (Lipinski definition) is 5. The van der Waals surface area contributed by atoms with Crippen molar-refractivity contribution < 1.29 is 9.47 Å². The molecule has 0 fully saturated rings. The van der Waals surface area contributed by atoms with E-state index in [-0.39, 0.29) is 57.1 Å². The van der Waals surface area contributed by atoms with Crippen LogP contribution in [-0.4, -0.2) is 85.3 Å². The Kier molecular flexibility index (Phi) is 13.3. The summed E-state index contributed by atoms with van der Waals surface area (Å²) in [6.07, 6.45) is 0. The third kappa shape index (κ3) is 8.72. The van der Waals surface area contributed by atoms with Gasteiger partial charge >= 0.3 is 0 Å². The number of anilines is 3. The Labute approximate surface area is 604 Å². The molecule has 101 heavy (non-hydrogen) atoms. The number of rotatable bonds is 6. The zero-order valence-electron chi connectivity index (χ0n) is 55.2. The van der Waals surface area contributed by atoms with Crippen LogP contribution in [0.3, 0.4) is 0 Å². The Morgan fingerprint density at radius 1 is 0.376 bits per heavy atom. The maximum Gasteiger partial charge on any atom is 0.260 e. The maximum atomic E-state index is 7.47. The molecule has 4 aliphatic rings. The molecular formula is C84H47B10N3O2S2. The first-order valence-electron chi connectivity index (χ1n) is 33.7. The Morgan fingerprint density at radius 2 is 0.970 bits per heavy atom. The lowest BCUT2D eigenvalue weighted by atomic mass is 9.34. The number of aromatic nitrogens is 2. The topological polar surface area (TPSA) is 31.6 Å². The highest BCUT2D eigenvalue weighted by Gasteiger charge is 2.46. The molecule has 452 valence electrons. The van der Waals surface area contributed by atoms with E-state index in [1.165, 1.54) is 37.4 Å². The van der Waals surface area contributed by atoms with E-state index in [2.05, 4.69) is 260 Å². The van der Waals surface area contributed by atoms with E-state index in [9.17, 15) is 0 Å². The first kappa shape index (κ1) is 60.8. The van der Waals surface area contributed by atoms with Crippen LogP contribution in [0.5, 0.6) is 23.0 Å². The van der Waals surface area contributed by atoms with E-state index in [0.29, 0.717) is 27.5 Å². The number of fused-ring (bicyclic) bond motifs is 15. The van der Waals surface area contributed by atoms with Gasteiger partial charge in [0.1, 0.15) is 85.8 Å². The normalized spacial score (nSPS) is 13.3. The molecule has 13 aromatic carbocycles. The van der Waals surface area contributed by atoms with Crippen molar-refractivity contribution in [3.63, 3.8) is 0 Å². The summed E-state index contributed by atoms with van der Waals surface area (Å²) in [6, 6.07) is 81.4. The summed E-state index contributed by atoms with van der Waals surface area (Å²) in [5.74, 6) is 3.17. The largest absolute Gasteiger partial charge is 0.458 e. The van der Waals surface area contributed by atoms with Crippen molar-refractivity contribution >= 4 is 247 Å². The lowest BCUT2D eigenvalue weighted by molar-refractivity contribution is 0.447. The van der Waals surface area contributed by atoms with E-state index >= 15 is 0 Å². The van der Waals surface area contributed by atoms with Crippen molar-refractivity contribution in [1.29, 1.82) is 0 Å². The van der Waals surface area contributed by atoms with Gasteiger partial charge in [-0.2, -0.15) is 0 Å². The van der Waals surface area contributed by atoms with Crippen molar-refractivity contribution in [3.05, 3.63) is 235 Å². The number of benzene rings is 13. The molecule has 0 unspecified atom stereocenters. The molecule has 0 amide bonds. The minimum Gasteiger partial charge on any atom is -0.458 e. The predicted octanol–water partition coefficient (Wildman–Crippen LogP) is 9.24. The van der Waals surface area contributed by atoms with E-state index in [0.717, 1.165) is 122 Å². The van der Waals surface area contributed by atoms with Gasteiger partial charge in [0.25, 0.3) is 6.71 Å². The Hall–Kier alpha value is -10.2. The average molecular weight is 1300 g/mol. The van der Waals surface area contributed by atoms with Crippen LogP contribution in [0, 0.1) is 0 Å². The summed E-state index contributed by atoms with van der Waals surface area (Å²) in [4.78, 5) is 4.54. The second-order valence-electron chi connectivity index (χ2n) is 28.0. The molecule has 16 aromatic rings. The second kappa shape index (κ2) is 22.2. The minimum atomic E-state index is -0.473. The zero-order chi connectivity index (χ0) is 68.3. The molecule has 0 atom stereocenters. The molecule has 0 bridgehead atoms. The third-order valence-corrected chi connectivity index (χ3v) is 23.5. The predicted molar refractivity (Wildman–Crippen MR) is 436 cm³/mol. The van der Waals surface area contributed by atoms with Crippen LogP contribution >= 0.6 is 23.1 Å². The first-order valence-corrected chi connectivity index (χ1v) is 35.4. The molecule has 0 spiro atoms. The van der Waals surface area contributed by atoms with Gasteiger partial charge in [0.2, 0.25) is 6.71 Å². The maximum absolute atomic E-state index is 7.47. The van der Waals surface area contributed by atoms with Crippen LogP contribution in [0.15, 0.2) is 240 Å². The molecule has 0 N–H and O–H groups in total. The van der Waals surface area contributed by atoms with Crippen LogP contribution in [0.4, 0.5) is 17.1 Å². The molecule has 7 heterocycles. The summed E-state index contributed by atoms with van der Waals surface area (Å²) in [5.41, 5.74) is 23.3. The van der Waals surface area contributed by atoms with Gasteiger partial charge in [-0.05, 0) is 162 Å². The van der Waals surface area contributed by atoms with E-state index in [1.54, 1.807) is 23.1 Å². The summed E-state index contributed by atoms with van der Waals surface area (Å²) in [5, 5.41) is 6.83. The van der Waals surface area contributed by atoms with Crippen molar-refractivity contribution in [2.45, 2.75) is 36.0 Å². The first-order chi connectivity index (χ1) is 49.1. The van der Waals surface area contributed by atoms with Crippen molar-refractivity contribution in [2.24, 2.45) is 0 Å². The number of ether oxygens (including phenoxy) is 2. The van der Waals surface area contributed by atoms with Crippen LogP contribution in [0.2, 0.25) is 0 Å². The van der Waals surface area contributed by atoms with Crippen LogP contribution < -0.4 is 90.9 Å². The van der Waals surface area contributed by atoms with Gasteiger partial charge < -0.3 is 23.5 Å². The Bertz CT molecular complexity index is 6250. The summed E-state index contributed by atoms with van der Waals surface area (Å²) in [7, 11) is 54.9. The zero-order valence-corrected chi connectivity index (χ0v) is 56.8. The molecule has 0 aliphatic carbocycles. The van der Waals surface area contributed by atoms with Gasteiger partial charge in [0.15, 0.2) is 0 Å². The molecule has 0 saturated carbocycles. The van der Waals surface area contributed by atoms with Gasteiger partial charge in [-0.3, -0.25) is 0 Å². The van der Waals surface area contributed by atoms with Gasteiger partial charge in [-0.25, -0.2) is 0 Å². The fraction of sp³-hybridized carbons (Fsp3) is 0.0476. The molecule has 20 rings (SSSR count). The smallest absolute Gasteiger partial charge is 0.260 e. The number of nitrogens with zero attached hydrogens (tertiary/aromatic N) is 3. The minimum absolute atomic E-state index is 0.134. The van der Waals surface area contributed by atoms with Crippen molar-refractivity contribution in [2.75, 3.05) is 4.90 Å². The second-order valence-corrected chi connectivity index (χ2v) is 30.0. The molecule has 3 aromatic heterocycles. The van der Waals surface area contributed by atoms with Gasteiger partial charge in [0, 0.05) is 86.7 Å². The molecule has 5 nitrogen and oxygen atoms in total. The van der Waals surface area contributed by atoms with Crippen molar-refractivity contribution in [1.82, 2.24) is 9.13 Å². The molecule has 4 aliphatic heterocycles. The Balaban J connectivity index is 0.826. The van der Waals surface area contributed by atoms with E-state index < -0.39 is 5.41 Å².